The summed E-state index contributed by atoms with van der Waals surface area (Å²) in [5.41, 5.74) is 5.36. The van der Waals surface area contributed by atoms with Gasteiger partial charge in [-0.2, -0.15) is 0 Å². The molecule has 2 N–H and O–H groups in total. The number of hydrogen-bond acceptors (Lipinski definition) is 3. The molecule has 1 rings (SSSR count). The summed E-state index contributed by atoms with van der Waals surface area (Å²) in [6, 6.07) is 0. The van der Waals surface area contributed by atoms with E-state index in [4.69, 9.17) is 10.5 Å². The summed E-state index contributed by atoms with van der Waals surface area (Å²) in [5.74, 6) is -0.887. The molecule has 18 heavy (non-hydrogen) atoms. The number of unbranched alkanes of at least 4 members (excludes halogenated alkanes) is 4. The highest BCUT2D eigenvalue weighted by molar-refractivity contribution is 14.1. The third-order valence-corrected chi connectivity index (χ3v) is 4.14. The van der Waals surface area contributed by atoms with E-state index >= 15 is 0 Å². The number of primary amides is 1. The number of nitrogens with zero attached hydrogens (tertiary/aromatic N) is 1. The summed E-state index contributed by atoms with van der Waals surface area (Å²) in [7, 11) is 0. The molecule has 0 aromatic carbocycles. The largest absolute Gasteiger partial charge is 0.369 e. The Labute approximate surface area is 122 Å². The zero-order valence-electron chi connectivity index (χ0n) is 10.8. The monoisotopic (exact) mass is 364 g/mol. The number of nitrogens with two attached hydrogens (primary N) is 1. The van der Waals surface area contributed by atoms with Gasteiger partial charge >= 0.3 is 0 Å². The molecule has 0 radical (unpaired) electrons. The molecule has 0 spiro atoms. The first-order chi connectivity index (χ1) is 8.60. The van der Waals surface area contributed by atoms with Crippen LogP contribution in [0.3, 0.4) is 0 Å². The van der Waals surface area contributed by atoms with Gasteiger partial charge in [0, 0.05) is 6.21 Å². The maximum atomic E-state index is 11.4. The zero-order valence-corrected chi connectivity index (χ0v) is 12.9. The van der Waals surface area contributed by atoms with Crippen LogP contribution in [-0.4, -0.2) is 22.5 Å². The van der Waals surface area contributed by atoms with Crippen LogP contribution in [0, 0.1) is 5.92 Å². The van der Waals surface area contributed by atoms with Crippen molar-refractivity contribution < 1.29 is 9.53 Å². The summed E-state index contributed by atoms with van der Waals surface area (Å²) in [6.45, 7) is 2.80. The predicted molar refractivity (Wildman–Crippen MR) is 81.8 cm³/mol. The molecule has 0 aromatic rings. The van der Waals surface area contributed by atoms with Crippen molar-refractivity contribution in [3.63, 3.8) is 0 Å². The van der Waals surface area contributed by atoms with Crippen molar-refractivity contribution in [1.82, 2.24) is 0 Å². The number of allylic oxidation sites excluding steroid dienone is 1. The van der Waals surface area contributed by atoms with E-state index in [2.05, 4.69) is 34.5 Å². The number of alkyl halides is 1. The van der Waals surface area contributed by atoms with Crippen LogP contribution in [0.15, 0.2) is 17.1 Å². The van der Waals surface area contributed by atoms with E-state index in [0.717, 1.165) is 12.8 Å². The smallest absolute Gasteiger partial charge is 0.230 e. The van der Waals surface area contributed by atoms with Gasteiger partial charge in [0.2, 0.25) is 9.64 Å². The second-order valence-corrected chi connectivity index (χ2v) is 5.96. The molecule has 0 aliphatic carbocycles. The van der Waals surface area contributed by atoms with Gasteiger partial charge in [0.15, 0.2) is 0 Å². The first kappa shape index (κ1) is 15.6. The van der Waals surface area contributed by atoms with Gasteiger partial charge in [0.1, 0.15) is 5.92 Å². The molecule has 1 unspecified atom stereocenters. The molecule has 1 amide bonds. The Morgan fingerprint density at radius 2 is 2.17 bits per heavy atom. The summed E-state index contributed by atoms with van der Waals surface area (Å²) < 4.78 is 4.90. The summed E-state index contributed by atoms with van der Waals surface area (Å²) in [6.07, 6.45) is 11.0. The fraction of sp³-hybridized carbons (Fsp3) is 0.692. The van der Waals surface area contributed by atoms with Gasteiger partial charge in [-0.15, -0.1) is 0 Å². The van der Waals surface area contributed by atoms with Gasteiger partial charge in [-0.1, -0.05) is 38.7 Å². The van der Waals surface area contributed by atoms with Crippen LogP contribution in [0.4, 0.5) is 0 Å². The third-order valence-electron chi connectivity index (χ3n) is 2.88. The van der Waals surface area contributed by atoms with Crippen LogP contribution in [0.5, 0.6) is 0 Å². The fourth-order valence-electron chi connectivity index (χ4n) is 1.82. The van der Waals surface area contributed by atoms with Crippen LogP contribution >= 0.6 is 22.6 Å². The number of halogens is 1. The van der Waals surface area contributed by atoms with Gasteiger partial charge in [-0.3, -0.25) is 4.79 Å². The topological polar surface area (TPSA) is 64.7 Å². The maximum Gasteiger partial charge on any atom is 0.230 e. The SMILES string of the molecule is CCCCCCCO[C@@]1(I)N=CC=CC1C(N)=O. The zero-order chi connectivity index (χ0) is 13.4. The van der Waals surface area contributed by atoms with E-state index < -0.39 is 15.6 Å². The molecule has 0 saturated carbocycles. The second kappa shape index (κ2) is 7.89. The van der Waals surface area contributed by atoms with E-state index in [-0.39, 0.29) is 0 Å². The Balaban J connectivity index is 2.36. The lowest BCUT2D eigenvalue weighted by Crippen LogP contribution is -2.41. The number of amides is 1. The first-order valence-electron chi connectivity index (χ1n) is 6.44. The molecule has 5 heteroatoms. The van der Waals surface area contributed by atoms with Crippen molar-refractivity contribution in [2.24, 2.45) is 16.6 Å². The highest BCUT2D eigenvalue weighted by atomic mass is 127. The molecular weight excluding hydrogens is 343 g/mol. The highest BCUT2D eigenvalue weighted by Crippen LogP contribution is 2.34. The minimum Gasteiger partial charge on any atom is -0.369 e. The number of dihydropyridines is 1. The third kappa shape index (κ3) is 4.68. The van der Waals surface area contributed by atoms with Crippen molar-refractivity contribution in [2.75, 3.05) is 6.61 Å². The standard InChI is InChI=1S/C13H21IN2O2/c1-2-3-4-5-6-10-18-13(14)11(12(15)17)8-7-9-16-13/h7-9,11H,2-6,10H2,1H3,(H2,15,17)/t11?,13-/m0/s1. The van der Waals surface area contributed by atoms with Crippen LogP contribution in [0.1, 0.15) is 39.0 Å². The fourth-order valence-corrected chi connectivity index (χ4v) is 2.72. The van der Waals surface area contributed by atoms with Gasteiger partial charge in [-0.05, 0) is 35.1 Å². The van der Waals surface area contributed by atoms with Crippen LogP contribution < -0.4 is 5.73 Å². The molecule has 102 valence electrons. The van der Waals surface area contributed by atoms with Crippen molar-refractivity contribution in [1.29, 1.82) is 0 Å². The normalized spacial score (nSPS) is 26.4. The van der Waals surface area contributed by atoms with Gasteiger partial charge < -0.3 is 10.5 Å². The van der Waals surface area contributed by atoms with Crippen LogP contribution in [-0.2, 0) is 9.53 Å². The molecule has 4 nitrogen and oxygen atoms in total. The lowest BCUT2D eigenvalue weighted by atomic mass is 10.1. The van der Waals surface area contributed by atoms with E-state index in [9.17, 15) is 4.79 Å². The molecule has 0 aromatic heterocycles. The second-order valence-electron chi connectivity index (χ2n) is 4.41. The molecule has 0 bridgehead atoms. The maximum absolute atomic E-state index is 11.4. The van der Waals surface area contributed by atoms with Gasteiger partial charge in [0.25, 0.3) is 0 Å². The Hall–Kier alpha value is -0.430. The number of rotatable bonds is 8. The number of carbonyl (C=O) groups is 1. The number of ether oxygens (including phenoxy) is 1. The van der Waals surface area contributed by atoms with E-state index in [0.29, 0.717) is 6.61 Å². The number of aliphatic imine (C=N–C) groups is 1. The van der Waals surface area contributed by atoms with E-state index in [1.807, 2.05) is 0 Å². The molecule has 1 aliphatic heterocycles. The Bertz CT molecular complexity index is 331. The minimum absolute atomic E-state index is 0.400. The van der Waals surface area contributed by atoms with Crippen molar-refractivity contribution in [2.45, 2.75) is 42.8 Å². The highest BCUT2D eigenvalue weighted by Gasteiger charge is 2.40. The quantitative estimate of drug-likeness (QED) is 0.312. The van der Waals surface area contributed by atoms with E-state index in [1.54, 1.807) is 18.4 Å². The van der Waals surface area contributed by atoms with E-state index in [1.165, 1.54) is 19.3 Å². The van der Waals surface area contributed by atoms with Gasteiger partial charge in [0.05, 0.1) is 6.61 Å². The van der Waals surface area contributed by atoms with Crippen molar-refractivity contribution in [3.05, 3.63) is 12.2 Å². The summed E-state index contributed by atoms with van der Waals surface area (Å²) in [4.78, 5) is 15.6. The molecule has 0 fully saturated rings. The molecule has 2 atom stereocenters. The summed E-state index contributed by atoms with van der Waals surface area (Å²) >= 11 is 2.06. The lowest BCUT2D eigenvalue weighted by molar-refractivity contribution is -0.125. The van der Waals surface area contributed by atoms with Crippen LogP contribution in [0.25, 0.3) is 0 Å². The molecule has 0 saturated heterocycles. The molecule has 1 aliphatic rings. The van der Waals surface area contributed by atoms with Crippen molar-refractivity contribution in [3.8, 4) is 0 Å². The minimum atomic E-state index is -0.858. The average molecular weight is 364 g/mol. The molecule has 1 heterocycles. The van der Waals surface area contributed by atoms with Crippen molar-refractivity contribution >= 4 is 34.7 Å². The lowest BCUT2D eigenvalue weighted by Gasteiger charge is -2.30. The number of carbonyl (C=O) groups excluding carboxylic acids is 1. The first-order valence-corrected chi connectivity index (χ1v) is 7.52. The Morgan fingerprint density at radius 3 is 2.83 bits per heavy atom. The summed E-state index contributed by atoms with van der Waals surface area (Å²) in [5, 5.41) is 0. The predicted octanol–water partition coefficient (Wildman–Crippen LogP) is 2.80. The van der Waals surface area contributed by atoms with Gasteiger partial charge in [-0.25, -0.2) is 4.99 Å². The van der Waals surface area contributed by atoms with Crippen LogP contribution in [0.2, 0.25) is 0 Å². The Kier molecular flexibility index (Phi) is 6.85. The number of hydrogen-bond donors (Lipinski definition) is 1. The molecular formula is C13H21IN2O2. The Morgan fingerprint density at radius 1 is 1.44 bits per heavy atom. The average Bonchev–Trinajstić information content (AvgIpc) is 2.33.